The standard InChI is InChI=1S/C13H22N2O4S/c1-4-14-10-11-9-12(5-6-13(11)19-3)20(16,17)15-7-8-18-2/h5-6,9,14-15H,4,7-8,10H2,1-3H3. The van der Waals surface area contributed by atoms with Crippen molar-refractivity contribution in [2.75, 3.05) is 33.9 Å². The molecule has 1 aromatic rings. The van der Waals surface area contributed by atoms with E-state index in [2.05, 4.69) is 10.0 Å². The molecule has 6 nitrogen and oxygen atoms in total. The fourth-order valence-electron chi connectivity index (χ4n) is 1.68. The first-order valence-electron chi connectivity index (χ1n) is 6.41. The maximum Gasteiger partial charge on any atom is 0.240 e. The van der Waals surface area contributed by atoms with Crippen LogP contribution < -0.4 is 14.8 Å². The van der Waals surface area contributed by atoms with E-state index in [0.29, 0.717) is 18.9 Å². The lowest BCUT2D eigenvalue weighted by Gasteiger charge is -2.12. The number of nitrogens with one attached hydrogen (secondary N) is 2. The Morgan fingerprint density at radius 2 is 2.00 bits per heavy atom. The quantitative estimate of drug-likeness (QED) is 0.658. The maximum atomic E-state index is 12.1. The first-order chi connectivity index (χ1) is 9.55. The molecule has 1 rings (SSSR count). The van der Waals surface area contributed by atoms with Gasteiger partial charge in [0.25, 0.3) is 0 Å². The third-order valence-electron chi connectivity index (χ3n) is 2.73. The number of ether oxygens (including phenoxy) is 2. The van der Waals surface area contributed by atoms with Crippen molar-refractivity contribution in [3.8, 4) is 5.75 Å². The Kier molecular flexibility index (Phi) is 6.94. The van der Waals surface area contributed by atoms with E-state index in [9.17, 15) is 8.42 Å². The topological polar surface area (TPSA) is 76.7 Å². The van der Waals surface area contributed by atoms with Gasteiger partial charge in [0.1, 0.15) is 5.75 Å². The predicted molar refractivity (Wildman–Crippen MR) is 77.4 cm³/mol. The van der Waals surface area contributed by atoms with Crippen molar-refractivity contribution in [1.82, 2.24) is 10.0 Å². The first kappa shape index (κ1) is 16.9. The number of benzene rings is 1. The van der Waals surface area contributed by atoms with Crippen LogP contribution in [0.3, 0.4) is 0 Å². The molecule has 2 N–H and O–H groups in total. The van der Waals surface area contributed by atoms with Gasteiger partial charge in [0, 0.05) is 25.8 Å². The molecule has 0 atom stereocenters. The van der Waals surface area contributed by atoms with E-state index in [4.69, 9.17) is 9.47 Å². The summed E-state index contributed by atoms with van der Waals surface area (Å²) in [6, 6.07) is 4.82. The molecule has 0 fully saturated rings. The molecule has 0 unspecified atom stereocenters. The summed E-state index contributed by atoms with van der Waals surface area (Å²) < 4.78 is 36.8. The molecule has 0 saturated carbocycles. The second-order valence-corrected chi connectivity index (χ2v) is 5.91. The van der Waals surface area contributed by atoms with Crippen molar-refractivity contribution in [1.29, 1.82) is 0 Å². The molecule has 1 aromatic carbocycles. The van der Waals surface area contributed by atoms with Crippen LogP contribution in [0.25, 0.3) is 0 Å². The smallest absolute Gasteiger partial charge is 0.240 e. The molecule has 7 heteroatoms. The van der Waals surface area contributed by atoms with Gasteiger partial charge in [-0.05, 0) is 24.7 Å². The van der Waals surface area contributed by atoms with Gasteiger partial charge in [0.2, 0.25) is 10.0 Å². The molecule has 0 aliphatic rings. The number of sulfonamides is 1. The highest BCUT2D eigenvalue weighted by atomic mass is 32.2. The number of rotatable bonds is 9. The summed E-state index contributed by atoms with van der Waals surface area (Å²) in [6.45, 7) is 3.92. The zero-order valence-corrected chi connectivity index (χ0v) is 12.9. The van der Waals surface area contributed by atoms with Crippen LogP contribution in [0.5, 0.6) is 5.75 Å². The van der Waals surface area contributed by atoms with Gasteiger partial charge >= 0.3 is 0 Å². The molecule has 0 aromatic heterocycles. The zero-order chi connectivity index (χ0) is 15.0. The second kappa shape index (κ2) is 8.21. The van der Waals surface area contributed by atoms with E-state index in [1.54, 1.807) is 19.2 Å². The molecule has 0 amide bonds. The molecule has 0 aliphatic heterocycles. The van der Waals surface area contributed by atoms with E-state index in [-0.39, 0.29) is 11.4 Å². The van der Waals surface area contributed by atoms with Crippen molar-refractivity contribution in [2.45, 2.75) is 18.4 Å². The van der Waals surface area contributed by atoms with E-state index >= 15 is 0 Å². The van der Waals surface area contributed by atoms with Gasteiger partial charge in [0.05, 0.1) is 18.6 Å². The van der Waals surface area contributed by atoms with E-state index < -0.39 is 10.0 Å². The zero-order valence-electron chi connectivity index (χ0n) is 12.1. The molecule has 0 aliphatic carbocycles. The van der Waals surface area contributed by atoms with Crippen LogP contribution in [-0.2, 0) is 21.3 Å². The molecule has 0 spiro atoms. The third-order valence-corrected chi connectivity index (χ3v) is 4.18. The third kappa shape index (κ3) is 4.75. The van der Waals surface area contributed by atoms with Crippen LogP contribution in [0.1, 0.15) is 12.5 Å². The van der Waals surface area contributed by atoms with Gasteiger partial charge in [-0.15, -0.1) is 0 Å². The average Bonchev–Trinajstić information content (AvgIpc) is 2.44. The van der Waals surface area contributed by atoms with E-state index in [1.807, 2.05) is 6.92 Å². The molecular weight excluding hydrogens is 280 g/mol. The fourth-order valence-corrected chi connectivity index (χ4v) is 2.74. The molecule has 0 radical (unpaired) electrons. The lowest BCUT2D eigenvalue weighted by atomic mass is 10.2. The van der Waals surface area contributed by atoms with Gasteiger partial charge in [0.15, 0.2) is 0 Å². The Hall–Kier alpha value is -1.15. The van der Waals surface area contributed by atoms with Crippen molar-refractivity contribution in [3.05, 3.63) is 23.8 Å². The highest BCUT2D eigenvalue weighted by Crippen LogP contribution is 2.22. The Bertz CT molecular complexity index is 517. The molecular formula is C13H22N2O4S. The molecule has 20 heavy (non-hydrogen) atoms. The van der Waals surface area contributed by atoms with Crippen molar-refractivity contribution in [3.63, 3.8) is 0 Å². The molecule has 0 heterocycles. The predicted octanol–water partition coefficient (Wildman–Crippen LogP) is 0.729. The summed E-state index contributed by atoms with van der Waals surface area (Å²) in [6.07, 6.45) is 0. The van der Waals surface area contributed by atoms with Gasteiger partial charge < -0.3 is 14.8 Å². The van der Waals surface area contributed by atoms with Gasteiger partial charge in [-0.3, -0.25) is 0 Å². The highest BCUT2D eigenvalue weighted by molar-refractivity contribution is 7.89. The largest absolute Gasteiger partial charge is 0.496 e. The second-order valence-electron chi connectivity index (χ2n) is 4.14. The van der Waals surface area contributed by atoms with Crippen LogP contribution in [0.4, 0.5) is 0 Å². The number of hydrogen-bond donors (Lipinski definition) is 2. The van der Waals surface area contributed by atoms with Crippen molar-refractivity contribution < 1.29 is 17.9 Å². The summed E-state index contributed by atoms with van der Waals surface area (Å²) in [5.74, 6) is 0.668. The monoisotopic (exact) mass is 302 g/mol. The summed E-state index contributed by atoms with van der Waals surface area (Å²) in [4.78, 5) is 0.224. The van der Waals surface area contributed by atoms with Crippen molar-refractivity contribution in [2.24, 2.45) is 0 Å². The molecule has 0 bridgehead atoms. The Balaban J connectivity index is 2.94. The lowest BCUT2D eigenvalue weighted by molar-refractivity contribution is 0.204. The Labute approximate surface area is 120 Å². The molecule has 114 valence electrons. The van der Waals surface area contributed by atoms with E-state index in [0.717, 1.165) is 12.1 Å². The van der Waals surface area contributed by atoms with Gasteiger partial charge in [-0.1, -0.05) is 6.92 Å². The summed E-state index contributed by atoms with van der Waals surface area (Å²) in [5.41, 5.74) is 0.809. The summed E-state index contributed by atoms with van der Waals surface area (Å²) in [5, 5.41) is 3.16. The Morgan fingerprint density at radius 3 is 2.60 bits per heavy atom. The number of hydrogen-bond acceptors (Lipinski definition) is 5. The van der Waals surface area contributed by atoms with Gasteiger partial charge in [-0.2, -0.15) is 0 Å². The highest BCUT2D eigenvalue weighted by Gasteiger charge is 2.15. The first-order valence-corrected chi connectivity index (χ1v) is 7.89. The Morgan fingerprint density at radius 1 is 1.25 bits per heavy atom. The van der Waals surface area contributed by atoms with Crippen LogP contribution in [0.15, 0.2) is 23.1 Å². The van der Waals surface area contributed by atoms with Gasteiger partial charge in [-0.25, -0.2) is 13.1 Å². The SMILES string of the molecule is CCNCc1cc(S(=O)(=O)NCCOC)ccc1OC. The number of methoxy groups -OCH3 is 2. The minimum atomic E-state index is -3.52. The minimum Gasteiger partial charge on any atom is -0.496 e. The van der Waals surface area contributed by atoms with E-state index in [1.165, 1.54) is 13.2 Å². The summed E-state index contributed by atoms with van der Waals surface area (Å²) >= 11 is 0. The summed E-state index contributed by atoms with van der Waals surface area (Å²) in [7, 11) is -0.429. The molecule has 0 saturated heterocycles. The van der Waals surface area contributed by atoms with Crippen LogP contribution in [0.2, 0.25) is 0 Å². The van der Waals surface area contributed by atoms with Crippen molar-refractivity contribution >= 4 is 10.0 Å². The van der Waals surface area contributed by atoms with Crippen LogP contribution >= 0.6 is 0 Å². The maximum absolute atomic E-state index is 12.1. The fraction of sp³-hybridized carbons (Fsp3) is 0.538. The normalized spacial score (nSPS) is 11.6. The lowest BCUT2D eigenvalue weighted by Crippen LogP contribution is -2.27. The van der Waals surface area contributed by atoms with Crippen LogP contribution in [0, 0.1) is 0 Å². The average molecular weight is 302 g/mol. The van der Waals surface area contributed by atoms with Crippen LogP contribution in [-0.4, -0.2) is 42.3 Å². The minimum absolute atomic E-state index is 0.224.